The molecule has 2 atom stereocenters. The summed E-state index contributed by atoms with van der Waals surface area (Å²) in [5.41, 5.74) is 1.16. The molecule has 1 amide bonds. The van der Waals surface area contributed by atoms with Crippen LogP contribution in [0.1, 0.15) is 22.9 Å². The quantitative estimate of drug-likeness (QED) is 0.796. The molecule has 0 aromatic carbocycles. The number of hydrogen-bond donors (Lipinski definition) is 0. The molecular formula is C18H18N2O2S. The largest absolute Gasteiger partial charge is 0.338 e. The lowest BCUT2D eigenvalue weighted by atomic mass is 9.83. The molecule has 1 saturated heterocycles. The minimum atomic E-state index is 0.0693. The van der Waals surface area contributed by atoms with E-state index in [1.807, 2.05) is 45.2 Å². The van der Waals surface area contributed by atoms with Crippen LogP contribution in [0.2, 0.25) is 0 Å². The highest BCUT2D eigenvalue weighted by molar-refractivity contribution is 7.10. The molecule has 0 radical (unpaired) electrons. The van der Waals surface area contributed by atoms with Gasteiger partial charge in [0.1, 0.15) is 0 Å². The van der Waals surface area contributed by atoms with Gasteiger partial charge in [-0.3, -0.25) is 9.59 Å². The number of hydrogen-bond acceptors (Lipinski definition) is 3. The first-order valence-corrected chi connectivity index (χ1v) is 8.79. The highest BCUT2D eigenvalue weighted by Crippen LogP contribution is 2.35. The molecule has 2 aromatic heterocycles. The average Bonchev–Trinajstić information content (AvgIpc) is 3.07. The fourth-order valence-corrected chi connectivity index (χ4v) is 4.34. The van der Waals surface area contributed by atoms with Crippen LogP contribution in [0.3, 0.4) is 0 Å². The lowest BCUT2D eigenvalue weighted by Crippen LogP contribution is -2.48. The minimum Gasteiger partial charge on any atom is -0.338 e. The fourth-order valence-electron chi connectivity index (χ4n) is 3.72. The lowest BCUT2D eigenvalue weighted by Gasteiger charge is -2.42. The van der Waals surface area contributed by atoms with Crippen LogP contribution in [0.5, 0.6) is 0 Å². The summed E-state index contributed by atoms with van der Waals surface area (Å²) in [5, 5.41) is 2.00. The molecular weight excluding hydrogens is 308 g/mol. The minimum absolute atomic E-state index is 0.0693. The van der Waals surface area contributed by atoms with Gasteiger partial charge in [0.2, 0.25) is 5.91 Å². The van der Waals surface area contributed by atoms with Crippen molar-refractivity contribution in [2.75, 3.05) is 13.1 Å². The third-order valence-corrected chi connectivity index (χ3v) is 5.56. The summed E-state index contributed by atoms with van der Waals surface area (Å²) < 4.78 is 1.89. The first-order chi connectivity index (χ1) is 11.2. The van der Waals surface area contributed by atoms with E-state index < -0.39 is 0 Å². The number of thiophene rings is 1. The highest BCUT2D eigenvalue weighted by atomic mass is 32.1. The third kappa shape index (κ3) is 2.77. The number of carbonyl (C=O) groups excluding carboxylic acids is 1. The number of pyridine rings is 1. The lowest BCUT2D eigenvalue weighted by molar-refractivity contribution is -0.128. The van der Waals surface area contributed by atoms with Gasteiger partial charge in [-0.05, 0) is 35.9 Å². The molecule has 0 aliphatic carbocycles. The number of carbonyl (C=O) groups is 1. The van der Waals surface area contributed by atoms with Crippen LogP contribution < -0.4 is 5.56 Å². The van der Waals surface area contributed by atoms with E-state index in [2.05, 4.69) is 0 Å². The van der Waals surface area contributed by atoms with Crippen LogP contribution in [-0.4, -0.2) is 28.5 Å². The number of nitrogens with zero attached hydrogens (tertiary/aromatic N) is 2. The maximum absolute atomic E-state index is 12.5. The normalized spacial score (nSPS) is 23.0. The first kappa shape index (κ1) is 14.5. The number of rotatable bonds is 2. The first-order valence-electron chi connectivity index (χ1n) is 7.91. The van der Waals surface area contributed by atoms with E-state index in [0.29, 0.717) is 12.5 Å². The van der Waals surface area contributed by atoms with Crippen molar-refractivity contribution in [3.05, 3.63) is 62.7 Å². The van der Waals surface area contributed by atoms with Gasteiger partial charge in [-0.25, -0.2) is 0 Å². The van der Waals surface area contributed by atoms with Crippen LogP contribution >= 0.6 is 11.3 Å². The van der Waals surface area contributed by atoms with Crippen molar-refractivity contribution in [3.63, 3.8) is 0 Å². The molecule has 23 heavy (non-hydrogen) atoms. The van der Waals surface area contributed by atoms with Gasteiger partial charge in [-0.1, -0.05) is 12.1 Å². The summed E-state index contributed by atoms with van der Waals surface area (Å²) in [6, 6.07) is 9.46. The van der Waals surface area contributed by atoms with Gasteiger partial charge < -0.3 is 9.47 Å². The fraction of sp³-hybridized carbons (Fsp3) is 0.333. The molecule has 2 aliphatic rings. The molecule has 2 aromatic rings. The number of amides is 1. The van der Waals surface area contributed by atoms with Crippen molar-refractivity contribution in [2.45, 2.75) is 18.9 Å². The van der Waals surface area contributed by atoms with Crippen LogP contribution in [0.25, 0.3) is 6.08 Å². The number of piperidine rings is 1. The van der Waals surface area contributed by atoms with Crippen LogP contribution in [-0.2, 0) is 11.3 Å². The molecule has 4 heterocycles. The van der Waals surface area contributed by atoms with Crippen LogP contribution in [0.4, 0.5) is 0 Å². The van der Waals surface area contributed by atoms with Gasteiger partial charge in [0.25, 0.3) is 5.56 Å². The Balaban J connectivity index is 1.54. The van der Waals surface area contributed by atoms with Gasteiger partial charge >= 0.3 is 0 Å². The second-order valence-electron chi connectivity index (χ2n) is 6.29. The Labute approximate surface area is 138 Å². The Morgan fingerprint density at radius 1 is 1.17 bits per heavy atom. The summed E-state index contributed by atoms with van der Waals surface area (Å²) in [5.74, 6) is 0.718. The summed E-state index contributed by atoms with van der Waals surface area (Å²) in [7, 11) is 0. The molecule has 4 rings (SSSR count). The van der Waals surface area contributed by atoms with E-state index in [0.717, 1.165) is 30.1 Å². The smallest absolute Gasteiger partial charge is 0.250 e. The maximum atomic E-state index is 12.5. The molecule has 5 heteroatoms. The van der Waals surface area contributed by atoms with E-state index in [9.17, 15) is 9.59 Å². The predicted molar refractivity (Wildman–Crippen MR) is 91.5 cm³/mol. The second-order valence-corrected chi connectivity index (χ2v) is 7.27. The molecule has 118 valence electrons. The number of fused-ring (bicyclic) bond motifs is 4. The summed E-state index contributed by atoms with van der Waals surface area (Å²) in [6.45, 7) is 2.17. The van der Waals surface area contributed by atoms with Gasteiger partial charge in [0.05, 0.1) is 0 Å². The Morgan fingerprint density at radius 2 is 2.09 bits per heavy atom. The molecule has 4 nitrogen and oxygen atoms in total. The van der Waals surface area contributed by atoms with E-state index in [-0.39, 0.29) is 17.4 Å². The van der Waals surface area contributed by atoms with Crippen molar-refractivity contribution >= 4 is 23.3 Å². The van der Waals surface area contributed by atoms with E-state index >= 15 is 0 Å². The summed E-state index contributed by atoms with van der Waals surface area (Å²) >= 11 is 1.63. The number of aromatic nitrogens is 1. The third-order valence-electron chi connectivity index (χ3n) is 4.72. The monoisotopic (exact) mass is 326 g/mol. The summed E-state index contributed by atoms with van der Waals surface area (Å²) in [4.78, 5) is 27.5. The number of likely N-dealkylation sites (tertiary alicyclic amines) is 1. The maximum Gasteiger partial charge on any atom is 0.250 e. The van der Waals surface area contributed by atoms with Gasteiger partial charge in [0.15, 0.2) is 0 Å². The van der Waals surface area contributed by atoms with E-state index in [1.165, 1.54) is 0 Å². The molecule has 0 saturated carbocycles. The zero-order valence-electron chi connectivity index (χ0n) is 12.7. The SMILES string of the molecule is O=C(/C=C/c1cccs1)N1C[C@@H]2C[C@H](C1)c1cccc(=O)n1C2. The van der Waals surface area contributed by atoms with Crippen molar-refractivity contribution in [1.82, 2.24) is 9.47 Å². The Hall–Kier alpha value is -2.14. The second kappa shape index (κ2) is 5.81. The topological polar surface area (TPSA) is 42.3 Å². The molecule has 0 spiro atoms. The molecule has 0 N–H and O–H groups in total. The molecule has 2 bridgehead atoms. The summed E-state index contributed by atoms with van der Waals surface area (Å²) in [6.07, 6.45) is 4.63. The zero-order valence-corrected chi connectivity index (χ0v) is 13.5. The Morgan fingerprint density at radius 3 is 2.91 bits per heavy atom. The molecule has 1 fully saturated rings. The molecule has 0 unspecified atom stereocenters. The van der Waals surface area contributed by atoms with E-state index in [1.54, 1.807) is 23.5 Å². The Kier molecular flexibility index (Phi) is 3.65. The van der Waals surface area contributed by atoms with Crippen molar-refractivity contribution < 1.29 is 4.79 Å². The molecule has 2 aliphatic heterocycles. The average molecular weight is 326 g/mol. The predicted octanol–water partition coefficient (Wildman–Crippen LogP) is 2.57. The van der Waals surface area contributed by atoms with Crippen molar-refractivity contribution in [1.29, 1.82) is 0 Å². The van der Waals surface area contributed by atoms with Gasteiger partial charge in [-0.15, -0.1) is 11.3 Å². The van der Waals surface area contributed by atoms with Crippen LogP contribution in [0, 0.1) is 5.92 Å². The van der Waals surface area contributed by atoms with Crippen molar-refractivity contribution in [3.8, 4) is 0 Å². The van der Waals surface area contributed by atoms with Crippen molar-refractivity contribution in [2.24, 2.45) is 5.92 Å². The zero-order chi connectivity index (χ0) is 15.8. The Bertz CT molecular complexity index is 807. The van der Waals surface area contributed by atoms with Crippen LogP contribution in [0.15, 0.2) is 46.6 Å². The van der Waals surface area contributed by atoms with E-state index in [4.69, 9.17) is 0 Å². The van der Waals surface area contributed by atoms with Gasteiger partial charge in [-0.2, -0.15) is 0 Å². The highest BCUT2D eigenvalue weighted by Gasteiger charge is 2.35. The van der Waals surface area contributed by atoms with Gasteiger partial charge in [0, 0.05) is 48.3 Å². The standard InChI is InChI=1S/C18H18N2O2S/c21-17(7-6-15-3-2-8-23-15)19-10-13-9-14(12-19)16-4-1-5-18(22)20(16)11-13/h1-8,13-14H,9-12H2/b7-6+/t13-,14+/m0/s1.